The molecule has 3 nitrogen and oxygen atoms in total. The Morgan fingerprint density at radius 1 is 1.18 bits per heavy atom. The second kappa shape index (κ2) is 6.28. The van der Waals surface area contributed by atoms with Gasteiger partial charge in [-0.25, -0.2) is 0 Å². The lowest BCUT2D eigenvalue weighted by molar-refractivity contribution is -0.148. The fourth-order valence-electron chi connectivity index (χ4n) is 2.14. The Balaban J connectivity index is 1.70. The molecule has 1 aliphatic carbocycles. The van der Waals surface area contributed by atoms with Crippen LogP contribution in [0.2, 0.25) is 0 Å². The zero-order valence-electron chi connectivity index (χ0n) is 10.0. The zero-order valence-corrected chi connectivity index (χ0v) is 10.0. The van der Waals surface area contributed by atoms with Gasteiger partial charge in [-0.1, -0.05) is 24.6 Å². The lowest BCUT2D eigenvalue weighted by atomic mass is 9.98. The van der Waals surface area contributed by atoms with Crippen molar-refractivity contribution in [2.45, 2.75) is 38.2 Å². The number of benzene rings is 1. The van der Waals surface area contributed by atoms with E-state index in [0.29, 0.717) is 0 Å². The molecule has 92 valence electrons. The fourth-order valence-corrected chi connectivity index (χ4v) is 2.14. The van der Waals surface area contributed by atoms with E-state index >= 15 is 0 Å². The molecule has 1 aliphatic rings. The summed E-state index contributed by atoms with van der Waals surface area (Å²) < 4.78 is 5.41. The lowest BCUT2D eigenvalue weighted by Gasteiger charge is -2.21. The van der Waals surface area contributed by atoms with Crippen LogP contribution in [0.1, 0.15) is 32.1 Å². The molecular formula is C14H19NO2. The maximum atomic E-state index is 11.6. The largest absolute Gasteiger partial charge is 0.461 e. The molecule has 2 rings (SSSR count). The van der Waals surface area contributed by atoms with Crippen molar-refractivity contribution < 1.29 is 9.53 Å². The van der Waals surface area contributed by atoms with Gasteiger partial charge in [-0.15, -0.1) is 0 Å². The molecule has 1 saturated carbocycles. The van der Waals surface area contributed by atoms with Gasteiger partial charge >= 0.3 is 5.97 Å². The van der Waals surface area contributed by atoms with Crippen molar-refractivity contribution in [3.63, 3.8) is 0 Å². The van der Waals surface area contributed by atoms with Crippen LogP contribution in [0.3, 0.4) is 0 Å². The minimum absolute atomic E-state index is 0.147. The highest BCUT2D eigenvalue weighted by Crippen LogP contribution is 2.20. The average Bonchev–Trinajstić information content (AvgIpc) is 2.39. The molecule has 0 aromatic heterocycles. The van der Waals surface area contributed by atoms with Crippen LogP contribution in [0.5, 0.6) is 0 Å². The van der Waals surface area contributed by atoms with Crippen molar-refractivity contribution >= 4 is 11.7 Å². The number of ether oxygens (including phenoxy) is 1. The summed E-state index contributed by atoms with van der Waals surface area (Å²) in [5.74, 6) is -0.152. The van der Waals surface area contributed by atoms with Crippen LogP contribution in [-0.2, 0) is 9.53 Å². The Kier molecular flexibility index (Phi) is 4.42. The van der Waals surface area contributed by atoms with Gasteiger partial charge in [0.25, 0.3) is 0 Å². The van der Waals surface area contributed by atoms with Gasteiger partial charge in [-0.3, -0.25) is 4.79 Å². The molecular weight excluding hydrogens is 214 g/mol. The number of anilines is 1. The summed E-state index contributed by atoms with van der Waals surface area (Å²) in [5, 5.41) is 3.06. The first-order chi connectivity index (χ1) is 8.34. The van der Waals surface area contributed by atoms with Crippen LogP contribution >= 0.6 is 0 Å². The van der Waals surface area contributed by atoms with Gasteiger partial charge in [-0.05, 0) is 37.8 Å². The number of rotatable bonds is 4. The van der Waals surface area contributed by atoms with Gasteiger partial charge in [-0.2, -0.15) is 0 Å². The number of nitrogens with one attached hydrogen (secondary N) is 1. The third kappa shape index (κ3) is 4.10. The minimum atomic E-state index is -0.152. The highest BCUT2D eigenvalue weighted by Gasteiger charge is 2.17. The van der Waals surface area contributed by atoms with Crippen molar-refractivity contribution in [1.82, 2.24) is 0 Å². The van der Waals surface area contributed by atoms with Gasteiger partial charge in [0.15, 0.2) is 0 Å². The monoisotopic (exact) mass is 233 g/mol. The van der Waals surface area contributed by atoms with Gasteiger partial charge in [0.1, 0.15) is 12.6 Å². The first-order valence-electron chi connectivity index (χ1n) is 6.33. The number of hydrogen-bond donors (Lipinski definition) is 1. The summed E-state index contributed by atoms with van der Waals surface area (Å²) in [6.45, 7) is 0.251. The molecule has 0 aliphatic heterocycles. The van der Waals surface area contributed by atoms with E-state index in [0.717, 1.165) is 18.5 Å². The Labute approximate surface area is 102 Å². The summed E-state index contributed by atoms with van der Waals surface area (Å²) in [6, 6.07) is 9.71. The summed E-state index contributed by atoms with van der Waals surface area (Å²) in [7, 11) is 0. The quantitative estimate of drug-likeness (QED) is 0.812. The molecule has 0 atom stereocenters. The molecule has 3 heteroatoms. The van der Waals surface area contributed by atoms with Crippen LogP contribution in [-0.4, -0.2) is 18.6 Å². The minimum Gasteiger partial charge on any atom is -0.461 e. The molecule has 1 N–H and O–H groups in total. The molecule has 17 heavy (non-hydrogen) atoms. The van der Waals surface area contributed by atoms with E-state index in [1.807, 2.05) is 30.3 Å². The predicted molar refractivity (Wildman–Crippen MR) is 67.9 cm³/mol. The van der Waals surface area contributed by atoms with Crippen LogP contribution in [0.4, 0.5) is 5.69 Å². The number of para-hydroxylation sites is 1. The van der Waals surface area contributed by atoms with Crippen molar-refractivity contribution in [2.24, 2.45) is 0 Å². The summed E-state index contributed by atoms with van der Waals surface area (Å²) in [6.07, 6.45) is 5.84. The van der Waals surface area contributed by atoms with E-state index < -0.39 is 0 Å². The Hall–Kier alpha value is -1.51. The standard InChI is InChI=1S/C14H19NO2/c16-14(17-13-9-5-2-6-10-13)11-15-12-7-3-1-4-8-12/h1,3-4,7-8,13,15H,2,5-6,9-11H2. The zero-order chi connectivity index (χ0) is 11.9. The molecule has 0 bridgehead atoms. The normalized spacial score (nSPS) is 16.5. The average molecular weight is 233 g/mol. The maximum absolute atomic E-state index is 11.6. The molecule has 1 aromatic carbocycles. The third-order valence-electron chi connectivity index (χ3n) is 3.06. The van der Waals surface area contributed by atoms with Crippen molar-refractivity contribution in [3.8, 4) is 0 Å². The molecule has 1 aromatic rings. The SMILES string of the molecule is O=C(CNc1ccccc1)OC1CCCCC1. The fraction of sp³-hybridized carbons (Fsp3) is 0.500. The topological polar surface area (TPSA) is 38.3 Å². The third-order valence-corrected chi connectivity index (χ3v) is 3.06. The van der Waals surface area contributed by atoms with E-state index in [9.17, 15) is 4.79 Å². The predicted octanol–water partition coefficient (Wildman–Crippen LogP) is 2.97. The smallest absolute Gasteiger partial charge is 0.325 e. The van der Waals surface area contributed by atoms with E-state index in [1.165, 1.54) is 19.3 Å². The number of esters is 1. The number of carbonyl (C=O) groups excluding carboxylic acids is 1. The second-order valence-corrected chi connectivity index (χ2v) is 4.47. The van der Waals surface area contributed by atoms with Crippen LogP contribution in [0.25, 0.3) is 0 Å². The van der Waals surface area contributed by atoms with Gasteiger partial charge in [0.2, 0.25) is 0 Å². The summed E-state index contributed by atoms with van der Waals surface area (Å²) in [4.78, 5) is 11.6. The molecule has 0 saturated heterocycles. The lowest BCUT2D eigenvalue weighted by Crippen LogP contribution is -2.25. The molecule has 0 amide bonds. The van der Waals surface area contributed by atoms with E-state index in [4.69, 9.17) is 4.74 Å². The first-order valence-corrected chi connectivity index (χ1v) is 6.33. The van der Waals surface area contributed by atoms with Crippen molar-refractivity contribution in [3.05, 3.63) is 30.3 Å². The second-order valence-electron chi connectivity index (χ2n) is 4.47. The van der Waals surface area contributed by atoms with Gasteiger partial charge < -0.3 is 10.1 Å². The Morgan fingerprint density at radius 2 is 1.88 bits per heavy atom. The molecule has 0 radical (unpaired) electrons. The van der Waals surface area contributed by atoms with Gasteiger partial charge in [0, 0.05) is 5.69 Å². The summed E-state index contributed by atoms with van der Waals surface area (Å²) >= 11 is 0. The van der Waals surface area contributed by atoms with Crippen LogP contribution < -0.4 is 5.32 Å². The van der Waals surface area contributed by atoms with E-state index in [1.54, 1.807) is 0 Å². The molecule has 0 spiro atoms. The van der Waals surface area contributed by atoms with Crippen molar-refractivity contribution in [2.75, 3.05) is 11.9 Å². The van der Waals surface area contributed by atoms with Crippen LogP contribution in [0.15, 0.2) is 30.3 Å². The number of hydrogen-bond acceptors (Lipinski definition) is 3. The van der Waals surface area contributed by atoms with Crippen LogP contribution in [0, 0.1) is 0 Å². The maximum Gasteiger partial charge on any atom is 0.325 e. The number of carbonyl (C=O) groups is 1. The molecule has 0 heterocycles. The van der Waals surface area contributed by atoms with E-state index in [2.05, 4.69) is 5.32 Å². The van der Waals surface area contributed by atoms with E-state index in [-0.39, 0.29) is 18.6 Å². The Morgan fingerprint density at radius 3 is 2.59 bits per heavy atom. The van der Waals surface area contributed by atoms with Gasteiger partial charge in [0.05, 0.1) is 0 Å². The molecule has 1 fully saturated rings. The molecule has 0 unspecified atom stereocenters. The Bertz CT molecular complexity index is 344. The highest BCUT2D eigenvalue weighted by molar-refractivity contribution is 5.75. The van der Waals surface area contributed by atoms with Crippen molar-refractivity contribution in [1.29, 1.82) is 0 Å². The highest BCUT2D eigenvalue weighted by atomic mass is 16.5. The first kappa shape index (κ1) is 12.0. The summed E-state index contributed by atoms with van der Waals surface area (Å²) in [5.41, 5.74) is 0.952.